The van der Waals surface area contributed by atoms with Crippen molar-refractivity contribution < 1.29 is 19.4 Å². The van der Waals surface area contributed by atoms with E-state index in [-0.39, 0.29) is 18.8 Å². The van der Waals surface area contributed by atoms with E-state index in [4.69, 9.17) is 9.84 Å². The molecule has 0 atom stereocenters. The zero-order valence-electron chi connectivity index (χ0n) is 9.07. The summed E-state index contributed by atoms with van der Waals surface area (Å²) in [5.41, 5.74) is 0. The predicted octanol–water partition coefficient (Wildman–Crippen LogP) is 2.49. The fourth-order valence-corrected chi connectivity index (χ4v) is 0.963. The first-order valence-corrected chi connectivity index (χ1v) is 5.23. The first kappa shape index (κ1) is 13.7. The van der Waals surface area contributed by atoms with Gasteiger partial charge in [-0.3, -0.25) is 9.59 Å². The lowest BCUT2D eigenvalue weighted by molar-refractivity contribution is -0.139. The Morgan fingerprint density at radius 3 is 2.53 bits per heavy atom. The van der Waals surface area contributed by atoms with Crippen LogP contribution in [0, 0.1) is 0 Å². The SMILES string of the molecule is CCCC=COC(=O)CCCCC(=O)O. The molecule has 0 aliphatic rings. The quantitative estimate of drug-likeness (QED) is 0.383. The average molecular weight is 214 g/mol. The molecule has 0 aromatic carbocycles. The van der Waals surface area contributed by atoms with Gasteiger partial charge in [0.1, 0.15) is 0 Å². The van der Waals surface area contributed by atoms with Crippen LogP contribution in [0.3, 0.4) is 0 Å². The Hall–Kier alpha value is -1.32. The van der Waals surface area contributed by atoms with Crippen molar-refractivity contribution in [3.63, 3.8) is 0 Å². The number of hydrogen-bond acceptors (Lipinski definition) is 3. The summed E-state index contributed by atoms with van der Waals surface area (Å²) in [6, 6.07) is 0. The number of aliphatic carboxylic acids is 1. The van der Waals surface area contributed by atoms with Crippen LogP contribution in [-0.2, 0) is 14.3 Å². The second-order valence-electron chi connectivity index (χ2n) is 3.25. The predicted molar refractivity (Wildman–Crippen MR) is 56.2 cm³/mol. The Labute approximate surface area is 89.9 Å². The van der Waals surface area contributed by atoms with E-state index in [2.05, 4.69) is 0 Å². The number of carboxylic acid groups (broad SMARTS) is 1. The molecule has 0 unspecified atom stereocenters. The van der Waals surface area contributed by atoms with Crippen LogP contribution in [0.5, 0.6) is 0 Å². The number of allylic oxidation sites excluding steroid dienone is 1. The lowest BCUT2D eigenvalue weighted by atomic mass is 10.2. The van der Waals surface area contributed by atoms with E-state index in [1.165, 1.54) is 6.26 Å². The standard InChI is InChI=1S/C11H18O4/c1-2-3-6-9-15-11(14)8-5-4-7-10(12)13/h6,9H,2-5,7-8H2,1H3,(H,12,13). The average Bonchev–Trinajstić information content (AvgIpc) is 2.19. The summed E-state index contributed by atoms with van der Waals surface area (Å²) in [5.74, 6) is -1.13. The number of ether oxygens (including phenoxy) is 1. The van der Waals surface area contributed by atoms with Crippen LogP contribution >= 0.6 is 0 Å². The molecule has 4 heteroatoms. The zero-order valence-corrected chi connectivity index (χ0v) is 9.07. The van der Waals surface area contributed by atoms with E-state index in [9.17, 15) is 9.59 Å². The van der Waals surface area contributed by atoms with Crippen molar-refractivity contribution in [2.75, 3.05) is 0 Å². The Bertz CT molecular complexity index is 221. The van der Waals surface area contributed by atoms with Crippen molar-refractivity contribution in [1.29, 1.82) is 0 Å². The highest BCUT2D eigenvalue weighted by atomic mass is 16.5. The van der Waals surface area contributed by atoms with Crippen LogP contribution in [0.4, 0.5) is 0 Å². The minimum absolute atomic E-state index is 0.110. The van der Waals surface area contributed by atoms with Crippen LogP contribution in [0.1, 0.15) is 45.4 Å². The van der Waals surface area contributed by atoms with Crippen LogP contribution < -0.4 is 0 Å². The maximum atomic E-state index is 11.0. The summed E-state index contributed by atoms with van der Waals surface area (Å²) in [5, 5.41) is 8.35. The maximum absolute atomic E-state index is 11.0. The molecule has 0 bridgehead atoms. The summed E-state index contributed by atoms with van der Waals surface area (Å²) >= 11 is 0. The van der Waals surface area contributed by atoms with Gasteiger partial charge >= 0.3 is 11.9 Å². The molecule has 0 heterocycles. The van der Waals surface area contributed by atoms with Crippen molar-refractivity contribution in [3.8, 4) is 0 Å². The topological polar surface area (TPSA) is 63.6 Å². The Kier molecular flexibility index (Phi) is 8.43. The Morgan fingerprint density at radius 2 is 1.93 bits per heavy atom. The molecular weight excluding hydrogens is 196 g/mol. The lowest BCUT2D eigenvalue weighted by Crippen LogP contribution is -2.00. The molecule has 0 rings (SSSR count). The number of carbonyl (C=O) groups excluding carboxylic acids is 1. The van der Waals surface area contributed by atoms with Gasteiger partial charge in [-0.15, -0.1) is 0 Å². The fraction of sp³-hybridized carbons (Fsp3) is 0.636. The normalized spacial score (nSPS) is 10.5. The van der Waals surface area contributed by atoms with Gasteiger partial charge in [0.25, 0.3) is 0 Å². The van der Waals surface area contributed by atoms with Crippen molar-refractivity contribution >= 4 is 11.9 Å². The number of carboxylic acids is 1. The second-order valence-corrected chi connectivity index (χ2v) is 3.25. The number of unbranched alkanes of at least 4 members (excludes halogenated alkanes) is 2. The van der Waals surface area contributed by atoms with E-state index in [1.807, 2.05) is 6.92 Å². The van der Waals surface area contributed by atoms with Gasteiger partial charge in [0, 0.05) is 12.8 Å². The molecule has 0 saturated heterocycles. The Morgan fingerprint density at radius 1 is 1.27 bits per heavy atom. The molecule has 0 aromatic heterocycles. The van der Waals surface area contributed by atoms with Gasteiger partial charge in [0.2, 0.25) is 0 Å². The van der Waals surface area contributed by atoms with E-state index in [1.54, 1.807) is 6.08 Å². The molecular formula is C11H18O4. The first-order chi connectivity index (χ1) is 7.16. The van der Waals surface area contributed by atoms with E-state index in [0.29, 0.717) is 12.8 Å². The second kappa shape index (κ2) is 9.24. The third-order valence-corrected chi connectivity index (χ3v) is 1.77. The molecule has 0 fully saturated rings. The molecule has 0 aromatic rings. The van der Waals surface area contributed by atoms with E-state index in [0.717, 1.165) is 12.8 Å². The minimum atomic E-state index is -0.828. The van der Waals surface area contributed by atoms with Crippen LogP contribution in [0.2, 0.25) is 0 Å². The first-order valence-electron chi connectivity index (χ1n) is 5.23. The lowest BCUT2D eigenvalue weighted by Gasteiger charge is -1.98. The van der Waals surface area contributed by atoms with Gasteiger partial charge in [-0.25, -0.2) is 0 Å². The van der Waals surface area contributed by atoms with Crippen LogP contribution in [0.15, 0.2) is 12.3 Å². The van der Waals surface area contributed by atoms with Crippen molar-refractivity contribution in [1.82, 2.24) is 0 Å². The summed E-state index contributed by atoms with van der Waals surface area (Å²) in [6.07, 6.45) is 6.59. The summed E-state index contributed by atoms with van der Waals surface area (Å²) in [6.45, 7) is 2.04. The van der Waals surface area contributed by atoms with Crippen molar-refractivity contribution in [2.24, 2.45) is 0 Å². The third-order valence-electron chi connectivity index (χ3n) is 1.77. The maximum Gasteiger partial charge on any atom is 0.310 e. The summed E-state index contributed by atoms with van der Waals surface area (Å²) in [4.78, 5) is 21.2. The smallest absolute Gasteiger partial charge is 0.310 e. The number of hydrogen-bond donors (Lipinski definition) is 1. The van der Waals surface area contributed by atoms with Gasteiger partial charge < -0.3 is 9.84 Å². The number of carbonyl (C=O) groups is 2. The molecule has 15 heavy (non-hydrogen) atoms. The monoisotopic (exact) mass is 214 g/mol. The largest absolute Gasteiger partial charge is 0.481 e. The molecule has 0 radical (unpaired) electrons. The van der Waals surface area contributed by atoms with Gasteiger partial charge in [-0.1, -0.05) is 13.3 Å². The van der Waals surface area contributed by atoms with Crippen molar-refractivity contribution in [3.05, 3.63) is 12.3 Å². The van der Waals surface area contributed by atoms with Crippen molar-refractivity contribution in [2.45, 2.75) is 45.4 Å². The van der Waals surface area contributed by atoms with Crippen LogP contribution in [-0.4, -0.2) is 17.0 Å². The minimum Gasteiger partial charge on any atom is -0.481 e. The van der Waals surface area contributed by atoms with Crippen LogP contribution in [0.25, 0.3) is 0 Å². The molecule has 0 spiro atoms. The molecule has 0 saturated carbocycles. The van der Waals surface area contributed by atoms with Gasteiger partial charge in [-0.2, -0.15) is 0 Å². The highest BCUT2D eigenvalue weighted by Gasteiger charge is 2.02. The molecule has 86 valence electrons. The third kappa shape index (κ3) is 10.6. The van der Waals surface area contributed by atoms with E-state index < -0.39 is 5.97 Å². The van der Waals surface area contributed by atoms with Gasteiger partial charge in [-0.05, 0) is 25.3 Å². The summed E-state index contributed by atoms with van der Waals surface area (Å²) in [7, 11) is 0. The summed E-state index contributed by atoms with van der Waals surface area (Å²) < 4.78 is 4.78. The molecule has 0 amide bonds. The fourth-order valence-electron chi connectivity index (χ4n) is 0.963. The molecule has 1 N–H and O–H groups in total. The highest BCUT2D eigenvalue weighted by Crippen LogP contribution is 2.01. The molecule has 0 aliphatic carbocycles. The van der Waals surface area contributed by atoms with Gasteiger partial charge in [0.15, 0.2) is 0 Å². The number of rotatable bonds is 8. The highest BCUT2D eigenvalue weighted by molar-refractivity contribution is 5.70. The molecule has 0 aliphatic heterocycles. The Balaban J connectivity index is 3.37. The van der Waals surface area contributed by atoms with Gasteiger partial charge in [0.05, 0.1) is 6.26 Å². The number of esters is 1. The molecule has 4 nitrogen and oxygen atoms in total. The van der Waals surface area contributed by atoms with E-state index >= 15 is 0 Å². The zero-order chi connectivity index (χ0) is 11.5.